The van der Waals surface area contributed by atoms with Gasteiger partial charge in [0.25, 0.3) is 5.91 Å². The minimum atomic E-state index is -1.64. The van der Waals surface area contributed by atoms with Crippen LogP contribution in [0.3, 0.4) is 0 Å². The van der Waals surface area contributed by atoms with Gasteiger partial charge in [-0.05, 0) is 24.3 Å². The van der Waals surface area contributed by atoms with E-state index in [2.05, 4.69) is 16.9 Å². The second-order valence-corrected chi connectivity index (χ2v) is 6.90. The number of aliphatic hydroxyl groups is 2. The number of likely N-dealkylation sites (tertiary alicyclic amines) is 1. The standard InChI is InChI=1S/C21H20N4O3/c1-24-12-11-21(28,20(24)27)10-9-14-5-4-6-15(13-14)25-17-8-3-2-7-16(17)18(23-25)19(22)26/h2-8,13,19,26,28H,11-12,22H2,1H3/t19?,21-/m0/s1. The molecule has 1 saturated heterocycles. The molecule has 0 radical (unpaired) electrons. The molecule has 7 heteroatoms. The summed E-state index contributed by atoms with van der Waals surface area (Å²) >= 11 is 0. The molecule has 4 N–H and O–H groups in total. The first-order valence-corrected chi connectivity index (χ1v) is 8.92. The fraction of sp³-hybridized carbons (Fsp3) is 0.238. The molecule has 1 aliphatic heterocycles. The molecule has 1 aliphatic rings. The summed E-state index contributed by atoms with van der Waals surface area (Å²) in [5.74, 6) is 5.24. The lowest BCUT2D eigenvalue weighted by molar-refractivity contribution is -0.137. The van der Waals surface area contributed by atoms with Crippen LogP contribution in [-0.2, 0) is 4.79 Å². The van der Waals surface area contributed by atoms with Crippen molar-refractivity contribution in [3.8, 4) is 17.5 Å². The molecular formula is C21H20N4O3. The Labute approximate surface area is 162 Å². The third-order valence-corrected chi connectivity index (χ3v) is 4.91. The molecule has 4 rings (SSSR count). The summed E-state index contributed by atoms with van der Waals surface area (Å²) in [5.41, 5.74) is 6.58. The summed E-state index contributed by atoms with van der Waals surface area (Å²) in [5, 5.41) is 25.5. The first-order chi connectivity index (χ1) is 13.4. The van der Waals surface area contributed by atoms with Gasteiger partial charge in [-0.2, -0.15) is 5.10 Å². The van der Waals surface area contributed by atoms with Gasteiger partial charge in [0.15, 0.2) is 0 Å². The highest BCUT2D eigenvalue weighted by atomic mass is 16.3. The number of aromatic nitrogens is 2. The molecule has 1 fully saturated rings. The molecule has 7 nitrogen and oxygen atoms in total. The summed E-state index contributed by atoms with van der Waals surface area (Å²) in [7, 11) is 1.65. The van der Waals surface area contributed by atoms with E-state index in [9.17, 15) is 15.0 Å². The minimum absolute atomic E-state index is 0.288. The number of carbonyl (C=O) groups excluding carboxylic acids is 1. The summed E-state index contributed by atoms with van der Waals surface area (Å²) in [6.45, 7) is 0.480. The van der Waals surface area contributed by atoms with Crippen molar-refractivity contribution in [1.29, 1.82) is 0 Å². The minimum Gasteiger partial charge on any atom is -0.373 e. The highest BCUT2D eigenvalue weighted by molar-refractivity contribution is 5.90. The van der Waals surface area contributed by atoms with Crippen LogP contribution in [0.2, 0.25) is 0 Å². The number of benzene rings is 2. The van der Waals surface area contributed by atoms with Crippen LogP contribution in [0.5, 0.6) is 0 Å². The Kier molecular flexibility index (Phi) is 4.40. The van der Waals surface area contributed by atoms with E-state index in [1.807, 2.05) is 42.5 Å². The maximum Gasteiger partial charge on any atom is 0.267 e. The normalized spacial score (nSPS) is 20.3. The van der Waals surface area contributed by atoms with Gasteiger partial charge in [0.1, 0.15) is 11.9 Å². The van der Waals surface area contributed by atoms with E-state index in [4.69, 9.17) is 5.73 Å². The van der Waals surface area contributed by atoms with Crippen molar-refractivity contribution < 1.29 is 15.0 Å². The lowest BCUT2D eigenvalue weighted by Crippen LogP contribution is -2.37. The maximum absolute atomic E-state index is 12.1. The molecule has 0 spiro atoms. The van der Waals surface area contributed by atoms with Crippen LogP contribution < -0.4 is 5.73 Å². The number of hydrogen-bond donors (Lipinski definition) is 3. The fourth-order valence-corrected chi connectivity index (χ4v) is 3.37. The highest BCUT2D eigenvalue weighted by Crippen LogP contribution is 2.25. The quantitative estimate of drug-likeness (QED) is 0.456. The Balaban J connectivity index is 1.75. The highest BCUT2D eigenvalue weighted by Gasteiger charge is 2.42. The van der Waals surface area contributed by atoms with Crippen LogP contribution in [0.15, 0.2) is 48.5 Å². The van der Waals surface area contributed by atoms with E-state index in [-0.39, 0.29) is 12.3 Å². The van der Waals surface area contributed by atoms with Crippen LogP contribution >= 0.6 is 0 Å². The molecule has 2 atom stereocenters. The van der Waals surface area contributed by atoms with Gasteiger partial charge in [0, 0.05) is 31.0 Å². The average Bonchev–Trinajstić information content (AvgIpc) is 3.21. The van der Waals surface area contributed by atoms with E-state index in [0.29, 0.717) is 17.8 Å². The van der Waals surface area contributed by atoms with Gasteiger partial charge in [-0.1, -0.05) is 36.1 Å². The molecule has 1 amide bonds. The third-order valence-electron chi connectivity index (χ3n) is 4.91. The zero-order chi connectivity index (χ0) is 19.9. The maximum atomic E-state index is 12.1. The molecule has 2 heterocycles. The number of fused-ring (bicyclic) bond motifs is 1. The van der Waals surface area contributed by atoms with Crippen molar-refractivity contribution in [2.75, 3.05) is 13.6 Å². The number of carbonyl (C=O) groups is 1. The lowest BCUT2D eigenvalue weighted by Gasteiger charge is -2.13. The van der Waals surface area contributed by atoms with Crippen molar-refractivity contribution in [2.24, 2.45) is 5.73 Å². The van der Waals surface area contributed by atoms with Crippen molar-refractivity contribution in [3.05, 3.63) is 59.8 Å². The largest absolute Gasteiger partial charge is 0.373 e. The van der Waals surface area contributed by atoms with E-state index < -0.39 is 11.8 Å². The zero-order valence-corrected chi connectivity index (χ0v) is 15.3. The monoisotopic (exact) mass is 376 g/mol. The van der Waals surface area contributed by atoms with E-state index in [0.717, 1.165) is 16.6 Å². The number of hydrogen-bond acceptors (Lipinski definition) is 5. The van der Waals surface area contributed by atoms with Crippen LogP contribution in [0, 0.1) is 11.8 Å². The topological polar surface area (TPSA) is 105 Å². The van der Waals surface area contributed by atoms with Crippen molar-refractivity contribution >= 4 is 16.8 Å². The molecule has 1 unspecified atom stereocenters. The Morgan fingerprint density at radius 3 is 2.75 bits per heavy atom. The molecular weight excluding hydrogens is 356 g/mol. The average molecular weight is 376 g/mol. The molecule has 2 aromatic carbocycles. The van der Waals surface area contributed by atoms with Gasteiger partial charge in [0.05, 0.1) is 11.2 Å². The smallest absolute Gasteiger partial charge is 0.267 e. The molecule has 3 aromatic rings. The van der Waals surface area contributed by atoms with Crippen LogP contribution in [0.4, 0.5) is 0 Å². The SMILES string of the molecule is CN1CC[C@@](O)(C#Cc2cccc(-n3nc(C(N)O)c4ccccc43)c2)C1=O. The second kappa shape index (κ2) is 6.77. The van der Waals surface area contributed by atoms with E-state index in [1.165, 1.54) is 4.90 Å². The van der Waals surface area contributed by atoms with Crippen LogP contribution in [0.25, 0.3) is 16.6 Å². The van der Waals surface area contributed by atoms with Crippen molar-refractivity contribution in [1.82, 2.24) is 14.7 Å². The Bertz CT molecular complexity index is 1130. The predicted octanol–water partition coefficient (Wildman–Crippen LogP) is 0.920. The zero-order valence-electron chi connectivity index (χ0n) is 15.3. The fourth-order valence-electron chi connectivity index (χ4n) is 3.37. The summed E-state index contributed by atoms with van der Waals surface area (Å²) in [6, 6.07) is 14.8. The number of para-hydroxylation sites is 1. The third kappa shape index (κ3) is 3.04. The van der Waals surface area contributed by atoms with Gasteiger partial charge in [0.2, 0.25) is 5.60 Å². The summed E-state index contributed by atoms with van der Waals surface area (Å²) < 4.78 is 1.69. The molecule has 1 aromatic heterocycles. The van der Waals surface area contributed by atoms with Crippen LogP contribution in [-0.4, -0.2) is 50.0 Å². The molecule has 0 aliphatic carbocycles. The number of amides is 1. The molecule has 0 bridgehead atoms. The molecule has 28 heavy (non-hydrogen) atoms. The number of aliphatic hydroxyl groups excluding tert-OH is 1. The second-order valence-electron chi connectivity index (χ2n) is 6.90. The van der Waals surface area contributed by atoms with Gasteiger partial charge in [-0.15, -0.1) is 0 Å². The molecule has 0 saturated carbocycles. The first kappa shape index (κ1) is 18.2. The van der Waals surface area contributed by atoms with Gasteiger partial charge in [-0.25, -0.2) is 4.68 Å². The first-order valence-electron chi connectivity index (χ1n) is 8.92. The summed E-state index contributed by atoms with van der Waals surface area (Å²) in [4.78, 5) is 13.5. The van der Waals surface area contributed by atoms with Crippen molar-refractivity contribution in [2.45, 2.75) is 18.2 Å². The van der Waals surface area contributed by atoms with E-state index in [1.54, 1.807) is 17.8 Å². The molecule has 142 valence electrons. The Morgan fingerprint density at radius 1 is 1.25 bits per heavy atom. The van der Waals surface area contributed by atoms with E-state index >= 15 is 0 Å². The van der Waals surface area contributed by atoms with Gasteiger partial charge >= 0.3 is 0 Å². The Morgan fingerprint density at radius 2 is 2.04 bits per heavy atom. The number of nitrogens with two attached hydrogens (primary N) is 1. The summed E-state index contributed by atoms with van der Waals surface area (Å²) in [6.07, 6.45) is -0.898. The van der Waals surface area contributed by atoms with Gasteiger partial charge in [-0.3, -0.25) is 4.79 Å². The number of rotatable bonds is 2. The number of likely N-dealkylation sites (N-methyl/N-ethyl adjacent to an activating group) is 1. The lowest BCUT2D eigenvalue weighted by atomic mass is 10.0. The van der Waals surface area contributed by atoms with Gasteiger partial charge < -0.3 is 20.8 Å². The van der Waals surface area contributed by atoms with Crippen molar-refractivity contribution in [3.63, 3.8) is 0 Å². The number of nitrogens with zero attached hydrogens (tertiary/aromatic N) is 3. The van der Waals surface area contributed by atoms with Crippen LogP contribution in [0.1, 0.15) is 23.9 Å². The Hall–Kier alpha value is -3.18. The predicted molar refractivity (Wildman–Crippen MR) is 104 cm³/mol.